The number of fused-ring (bicyclic) bond motifs is 8. The first-order valence-electron chi connectivity index (χ1n) is 27.1. The van der Waals surface area contributed by atoms with Gasteiger partial charge in [-0.15, -0.1) is 0 Å². The number of carbonyl (C=O) groups is 2. The number of aliphatic hydroxyl groups excluding tert-OH is 3. The van der Waals surface area contributed by atoms with Gasteiger partial charge in [0.2, 0.25) is 0 Å². The highest BCUT2D eigenvalue weighted by molar-refractivity contribution is 6.05. The van der Waals surface area contributed by atoms with Gasteiger partial charge in [-0.3, -0.25) is 9.59 Å². The molecule has 0 spiro atoms. The minimum atomic E-state index is -1.47. The molecule has 1 saturated carbocycles. The fraction of sp³-hybridized carbons (Fsp3) is 0.419. The lowest BCUT2D eigenvalue weighted by atomic mass is 9.65. The number of benzene rings is 3. The summed E-state index contributed by atoms with van der Waals surface area (Å²) < 4.78 is 6.48. The van der Waals surface area contributed by atoms with E-state index in [1.165, 1.54) is 0 Å². The van der Waals surface area contributed by atoms with Crippen molar-refractivity contribution in [3.63, 3.8) is 0 Å². The van der Waals surface area contributed by atoms with Crippen molar-refractivity contribution in [1.82, 2.24) is 15.3 Å². The Morgan fingerprint density at radius 2 is 1.71 bits per heavy atom. The van der Waals surface area contributed by atoms with E-state index in [4.69, 9.17) is 4.74 Å². The molecular weight excluding hydrogens is 945 g/mol. The second kappa shape index (κ2) is 21.2. The van der Waals surface area contributed by atoms with Gasteiger partial charge in [0.15, 0.2) is 17.3 Å². The van der Waals surface area contributed by atoms with Gasteiger partial charge in [-0.25, -0.2) is 0 Å². The van der Waals surface area contributed by atoms with Crippen LogP contribution in [0.1, 0.15) is 144 Å². The molecule has 13 heteroatoms. The molecule has 3 aromatic carbocycles. The highest BCUT2D eigenvalue weighted by atomic mass is 16.5. The number of Topliss-reactive ketones (excluding diaryl/α,β-unsaturated/α-hetero) is 2. The molecule has 3 aliphatic heterocycles. The molecule has 10 unspecified atom stereocenters. The molecule has 4 aliphatic carbocycles. The van der Waals surface area contributed by atoms with Gasteiger partial charge < -0.3 is 56.0 Å². The summed E-state index contributed by atoms with van der Waals surface area (Å²) >= 11 is 0. The zero-order valence-electron chi connectivity index (χ0n) is 42.4. The molecule has 12 rings (SSSR count). The van der Waals surface area contributed by atoms with Gasteiger partial charge in [0, 0.05) is 78.0 Å². The predicted molar refractivity (Wildman–Crippen MR) is 287 cm³/mol. The van der Waals surface area contributed by atoms with Crippen molar-refractivity contribution in [1.29, 1.82) is 0 Å². The molecule has 1 fully saturated rings. The Kier molecular flexibility index (Phi) is 14.2. The Morgan fingerprint density at radius 3 is 2.53 bits per heavy atom. The number of hydrogen-bond acceptors (Lipinski definition) is 11. The summed E-state index contributed by atoms with van der Waals surface area (Å²) in [5.74, 6) is 2.56. The van der Waals surface area contributed by atoms with Crippen molar-refractivity contribution in [2.75, 3.05) is 25.0 Å². The number of carbonyl (C=O) groups excluding carboxylic acids is 2. The Bertz CT molecular complexity index is 3130. The molecule has 7 aliphatic rings. The Hall–Kier alpha value is -6.66. The standard InChI is InChI=1S/C62H68N4O9/c1-2-25-63-34-38-12-16-51-48-32-52-43(20-26-64-52)50(33-62(74)23-18-36-6-5-9-53(68)40(36)19-24-62)56(48)60(73)46(22-28-67)54(69)17-10-35-29-49(59(72)55(30-35)75-39-7-3-4-8-39)57(70)37-11-13-41-44(58(38)71)15-14-42(47(41)31-37)45-21-27-65-61(45)66-51/h5-6,9,11,13-15,19-21,24,26-27,29-32,38-39,42,44,46,50-51,56-58,63-68,70-72,74H,2-4,7-8,10,17-18,22-23,25,28,33-34H2,1H3. The topological polar surface area (TPSA) is 220 Å². The number of ketones is 2. The first-order valence-corrected chi connectivity index (χ1v) is 27.1. The maximum absolute atomic E-state index is 16.1. The third kappa shape index (κ3) is 9.79. The summed E-state index contributed by atoms with van der Waals surface area (Å²) in [7, 11) is 0. The molecule has 0 saturated heterocycles. The van der Waals surface area contributed by atoms with Crippen LogP contribution in [0.5, 0.6) is 17.2 Å². The summed E-state index contributed by atoms with van der Waals surface area (Å²) in [5, 5.41) is 78.9. The summed E-state index contributed by atoms with van der Waals surface area (Å²) in [6, 6.07) is 17.6. The third-order valence-corrected chi connectivity index (χ3v) is 16.9. The van der Waals surface area contributed by atoms with Crippen LogP contribution in [0.2, 0.25) is 0 Å². The van der Waals surface area contributed by atoms with Crippen LogP contribution in [0.3, 0.4) is 0 Å². The summed E-state index contributed by atoms with van der Waals surface area (Å²) in [6.07, 6.45) is 16.0. The van der Waals surface area contributed by atoms with Gasteiger partial charge in [0.25, 0.3) is 0 Å². The molecule has 10 N–H and O–H groups in total. The van der Waals surface area contributed by atoms with Crippen molar-refractivity contribution < 1.29 is 45.0 Å². The number of aromatic nitrogens is 2. The largest absolute Gasteiger partial charge is 0.507 e. The maximum atomic E-state index is 16.1. The van der Waals surface area contributed by atoms with E-state index in [0.29, 0.717) is 54.0 Å². The van der Waals surface area contributed by atoms with Gasteiger partial charge in [0.1, 0.15) is 29.5 Å². The van der Waals surface area contributed by atoms with E-state index in [1.807, 2.05) is 54.9 Å². The van der Waals surface area contributed by atoms with Gasteiger partial charge in [-0.2, -0.15) is 0 Å². The normalized spacial score (nSPS) is 28.1. The molecule has 5 aromatic rings. The lowest BCUT2D eigenvalue weighted by molar-refractivity contribution is -0.135. The van der Waals surface area contributed by atoms with Gasteiger partial charge in [-0.1, -0.05) is 73.4 Å². The van der Waals surface area contributed by atoms with Crippen LogP contribution in [0, 0.1) is 29.6 Å². The zero-order chi connectivity index (χ0) is 52.0. The fourth-order valence-electron chi connectivity index (χ4n) is 12.9. The van der Waals surface area contributed by atoms with Crippen LogP contribution in [0.4, 0.5) is 5.82 Å². The number of aromatic hydroxyl groups is 2. The number of H-pyrrole nitrogens is 2. The van der Waals surface area contributed by atoms with Crippen LogP contribution >= 0.6 is 0 Å². The third-order valence-electron chi connectivity index (χ3n) is 16.9. The van der Waals surface area contributed by atoms with Crippen LogP contribution in [-0.4, -0.2) is 95.7 Å². The first kappa shape index (κ1) is 50.5. The number of ether oxygens (including phenoxy) is 1. The molecule has 390 valence electrons. The van der Waals surface area contributed by atoms with Gasteiger partial charge in [-0.05, 0) is 146 Å². The predicted octanol–water partition coefficient (Wildman–Crippen LogP) is 8.38. The molecule has 2 aromatic heterocycles. The molecule has 0 amide bonds. The van der Waals surface area contributed by atoms with Crippen LogP contribution in [-0.2, 0) is 22.4 Å². The Morgan fingerprint density at radius 1 is 0.880 bits per heavy atom. The number of anilines is 1. The number of allylic oxidation sites excluding steroid dienone is 1. The smallest absolute Gasteiger partial charge is 0.163 e. The number of hydrogen-bond donors (Lipinski definition) is 10. The number of phenolic OH excluding ortho intramolecular Hbond substituents is 2. The van der Waals surface area contributed by atoms with Crippen molar-refractivity contribution in [2.45, 2.75) is 125 Å². The van der Waals surface area contributed by atoms with Crippen molar-refractivity contribution in [3.05, 3.63) is 153 Å². The summed E-state index contributed by atoms with van der Waals surface area (Å²) in [4.78, 5) is 38.0. The minimum absolute atomic E-state index is 0.0725. The maximum Gasteiger partial charge on any atom is 0.163 e. The van der Waals surface area contributed by atoms with Crippen molar-refractivity contribution in [2.24, 2.45) is 17.8 Å². The second-order valence-electron chi connectivity index (χ2n) is 21.7. The average molecular weight is 1010 g/mol. The van der Waals surface area contributed by atoms with E-state index in [-0.39, 0.29) is 66.3 Å². The highest BCUT2D eigenvalue weighted by Gasteiger charge is 2.47. The fourth-order valence-corrected chi connectivity index (χ4v) is 12.9. The lowest BCUT2D eigenvalue weighted by Gasteiger charge is -2.40. The zero-order valence-corrected chi connectivity index (χ0v) is 42.4. The quantitative estimate of drug-likeness (QED) is 0.0277. The van der Waals surface area contributed by atoms with Crippen LogP contribution in [0.25, 0.3) is 12.2 Å². The SMILES string of the molecule is CCCNCC1C#CC2Nc3[nH]ccc3C3C=CC(c4ccc(cc43)C(O)c3cc(cc(OC4CCCC4)c3O)CCC(=O)C(CCO)C(=O)C3C2=Cc2[nH]ccc2C3CC2(O)C=Cc3c(O)cccc3CC2)C1O. The summed E-state index contributed by atoms with van der Waals surface area (Å²) in [5.41, 5.74) is 6.10. The van der Waals surface area contributed by atoms with E-state index < -0.39 is 65.8 Å². The highest BCUT2D eigenvalue weighted by Crippen LogP contribution is 2.50. The van der Waals surface area contributed by atoms with Gasteiger partial charge in [0.05, 0.1) is 29.6 Å². The molecule has 0 radical (unpaired) electrons. The monoisotopic (exact) mass is 1010 g/mol. The molecular formula is C62H68N4O9. The van der Waals surface area contributed by atoms with Crippen molar-refractivity contribution >= 4 is 29.5 Å². The van der Waals surface area contributed by atoms with E-state index in [2.05, 4.69) is 51.5 Å². The number of aromatic amines is 2. The minimum Gasteiger partial charge on any atom is -0.507 e. The Balaban J connectivity index is 1.11. The Labute approximate surface area is 437 Å². The molecule has 7 bridgehead atoms. The van der Waals surface area contributed by atoms with E-state index in [1.54, 1.807) is 36.4 Å². The van der Waals surface area contributed by atoms with Crippen LogP contribution < -0.4 is 15.4 Å². The number of aryl methyl sites for hydroxylation is 2. The number of rotatable bonds is 10. The molecule has 5 heterocycles. The lowest BCUT2D eigenvalue weighted by Crippen LogP contribution is -2.43. The average Bonchev–Trinajstić information content (AvgIpc) is 4.22. The molecule has 13 nitrogen and oxygen atoms in total. The molecule has 10 atom stereocenters. The van der Waals surface area contributed by atoms with Crippen molar-refractivity contribution in [3.8, 4) is 29.1 Å². The number of nitrogens with one attached hydrogen (secondary N) is 4. The number of phenols is 2. The summed E-state index contributed by atoms with van der Waals surface area (Å²) in [6.45, 7) is 2.69. The van der Waals surface area contributed by atoms with Gasteiger partial charge >= 0.3 is 0 Å². The molecule has 75 heavy (non-hydrogen) atoms. The first-order chi connectivity index (χ1) is 36.4. The van der Waals surface area contributed by atoms with Crippen LogP contribution in [0.15, 0.2) is 96.9 Å². The van der Waals surface area contributed by atoms with E-state index in [0.717, 1.165) is 65.6 Å². The number of aliphatic hydroxyl groups is 4. The van der Waals surface area contributed by atoms with E-state index >= 15 is 9.59 Å². The van der Waals surface area contributed by atoms with E-state index in [9.17, 15) is 30.6 Å². The second-order valence-corrected chi connectivity index (χ2v) is 21.7.